The van der Waals surface area contributed by atoms with Crippen molar-refractivity contribution in [3.63, 3.8) is 0 Å². The Kier molecular flexibility index (Phi) is 5.95. The van der Waals surface area contributed by atoms with Crippen molar-refractivity contribution in [3.05, 3.63) is 83.7 Å². The Balaban J connectivity index is 1.19. The molecule has 2 aliphatic heterocycles. The molecule has 1 fully saturated rings. The summed E-state index contributed by atoms with van der Waals surface area (Å²) in [5, 5.41) is 0. The molecule has 2 aliphatic rings. The highest BCUT2D eigenvalue weighted by Crippen LogP contribution is 2.15. The molecule has 0 saturated carbocycles. The van der Waals surface area contributed by atoms with E-state index in [1.807, 2.05) is 18.2 Å². The van der Waals surface area contributed by atoms with Gasteiger partial charge in [0.2, 0.25) is 0 Å². The zero-order chi connectivity index (χ0) is 18.3. The molecule has 0 N–H and O–H groups in total. The molecule has 0 aliphatic carbocycles. The standard InChI is InChI=1S/C23H28N2O2/c1-2-13-25(12-1)18-21-7-5-20(6-8-21)9-14-24-15-10-22(11-16-24)27-19-23-4-3-17-26-23/h3-8,10-11,15,17H,1-2,9,12-14,16,18-19H2. The summed E-state index contributed by atoms with van der Waals surface area (Å²) in [6.45, 7) is 5.99. The topological polar surface area (TPSA) is 28.9 Å². The molecule has 1 aromatic heterocycles. The normalized spacial score (nSPS) is 17.3. The fourth-order valence-electron chi connectivity index (χ4n) is 3.62. The zero-order valence-corrected chi connectivity index (χ0v) is 15.8. The number of nitrogens with zero attached hydrogens (tertiary/aromatic N) is 2. The summed E-state index contributed by atoms with van der Waals surface area (Å²) in [7, 11) is 0. The van der Waals surface area contributed by atoms with Crippen molar-refractivity contribution in [1.29, 1.82) is 0 Å². The van der Waals surface area contributed by atoms with Crippen LogP contribution < -0.4 is 0 Å². The van der Waals surface area contributed by atoms with Gasteiger partial charge < -0.3 is 14.1 Å². The van der Waals surface area contributed by atoms with Gasteiger partial charge >= 0.3 is 0 Å². The van der Waals surface area contributed by atoms with Crippen molar-refractivity contribution in [1.82, 2.24) is 9.80 Å². The van der Waals surface area contributed by atoms with E-state index in [1.165, 1.54) is 37.1 Å². The second-order valence-corrected chi connectivity index (χ2v) is 7.33. The molecule has 0 radical (unpaired) electrons. The van der Waals surface area contributed by atoms with Crippen LogP contribution in [0.3, 0.4) is 0 Å². The molecule has 27 heavy (non-hydrogen) atoms. The number of hydrogen-bond donors (Lipinski definition) is 0. The van der Waals surface area contributed by atoms with E-state index in [0.717, 1.165) is 37.6 Å². The predicted octanol–water partition coefficient (Wildman–Crippen LogP) is 4.35. The van der Waals surface area contributed by atoms with Crippen molar-refractivity contribution < 1.29 is 9.15 Å². The summed E-state index contributed by atoms with van der Waals surface area (Å²) in [6.07, 6.45) is 11.7. The van der Waals surface area contributed by atoms with Crippen LogP contribution in [0.2, 0.25) is 0 Å². The van der Waals surface area contributed by atoms with Crippen LogP contribution in [0, 0.1) is 0 Å². The Bertz CT molecular complexity index is 756. The van der Waals surface area contributed by atoms with Crippen LogP contribution in [0.1, 0.15) is 29.7 Å². The van der Waals surface area contributed by atoms with Crippen molar-refractivity contribution in [2.24, 2.45) is 0 Å². The molecular formula is C23H28N2O2. The van der Waals surface area contributed by atoms with Gasteiger partial charge in [-0.25, -0.2) is 0 Å². The number of hydrogen-bond acceptors (Lipinski definition) is 4. The largest absolute Gasteiger partial charge is 0.486 e. The van der Waals surface area contributed by atoms with Crippen LogP contribution in [0.15, 0.2) is 71.2 Å². The first-order chi connectivity index (χ1) is 13.3. The highest BCUT2D eigenvalue weighted by molar-refractivity contribution is 5.23. The number of ether oxygens (including phenoxy) is 1. The number of rotatable bonds is 8. The van der Waals surface area contributed by atoms with Gasteiger partial charge in [0.05, 0.1) is 6.26 Å². The molecule has 0 bridgehead atoms. The van der Waals surface area contributed by atoms with Crippen LogP contribution >= 0.6 is 0 Å². The minimum atomic E-state index is 0.479. The third-order valence-corrected chi connectivity index (χ3v) is 5.25. The molecule has 3 heterocycles. The summed E-state index contributed by atoms with van der Waals surface area (Å²) in [5.74, 6) is 1.76. The minimum Gasteiger partial charge on any atom is -0.486 e. The third-order valence-electron chi connectivity index (χ3n) is 5.25. The Hall–Kier alpha value is -2.46. The number of likely N-dealkylation sites (tertiary alicyclic amines) is 1. The molecule has 0 atom stereocenters. The molecule has 142 valence electrons. The molecule has 4 rings (SSSR count). The lowest BCUT2D eigenvalue weighted by molar-refractivity contribution is 0.183. The average molecular weight is 364 g/mol. The highest BCUT2D eigenvalue weighted by atomic mass is 16.5. The van der Waals surface area contributed by atoms with Crippen molar-refractivity contribution in [3.8, 4) is 0 Å². The fourth-order valence-corrected chi connectivity index (χ4v) is 3.62. The molecular weight excluding hydrogens is 336 g/mol. The zero-order valence-electron chi connectivity index (χ0n) is 15.8. The van der Waals surface area contributed by atoms with Crippen LogP contribution in [0.25, 0.3) is 0 Å². The van der Waals surface area contributed by atoms with Gasteiger partial charge in [-0.15, -0.1) is 0 Å². The predicted molar refractivity (Wildman–Crippen MR) is 107 cm³/mol. The summed E-state index contributed by atoms with van der Waals surface area (Å²) in [6, 6.07) is 13.0. The molecule has 4 heteroatoms. The first kappa shape index (κ1) is 17.9. The van der Waals surface area contributed by atoms with Gasteiger partial charge in [0.15, 0.2) is 0 Å². The Labute approximate surface area is 161 Å². The second-order valence-electron chi connectivity index (χ2n) is 7.33. The second kappa shape index (κ2) is 8.96. The van der Waals surface area contributed by atoms with Gasteiger partial charge in [-0.2, -0.15) is 0 Å². The van der Waals surface area contributed by atoms with Crippen LogP contribution in [-0.2, 0) is 24.3 Å². The van der Waals surface area contributed by atoms with Crippen molar-refractivity contribution >= 4 is 0 Å². The van der Waals surface area contributed by atoms with Crippen LogP contribution in [-0.4, -0.2) is 36.0 Å². The van der Waals surface area contributed by atoms with Gasteiger partial charge in [0, 0.05) is 25.8 Å². The molecule has 4 nitrogen and oxygen atoms in total. The maximum absolute atomic E-state index is 5.76. The van der Waals surface area contributed by atoms with E-state index in [2.05, 4.69) is 46.3 Å². The monoisotopic (exact) mass is 364 g/mol. The minimum absolute atomic E-state index is 0.479. The number of benzene rings is 1. The summed E-state index contributed by atoms with van der Waals surface area (Å²) in [5.41, 5.74) is 2.83. The molecule has 1 saturated heterocycles. The van der Waals surface area contributed by atoms with E-state index in [0.29, 0.717) is 6.61 Å². The Morgan fingerprint density at radius 3 is 2.52 bits per heavy atom. The van der Waals surface area contributed by atoms with Crippen molar-refractivity contribution in [2.45, 2.75) is 32.4 Å². The van der Waals surface area contributed by atoms with E-state index < -0.39 is 0 Å². The first-order valence-corrected chi connectivity index (χ1v) is 9.93. The van der Waals surface area contributed by atoms with E-state index in [-0.39, 0.29) is 0 Å². The smallest absolute Gasteiger partial charge is 0.146 e. The first-order valence-electron chi connectivity index (χ1n) is 9.93. The van der Waals surface area contributed by atoms with Gasteiger partial charge in [-0.1, -0.05) is 24.3 Å². The maximum Gasteiger partial charge on any atom is 0.146 e. The Morgan fingerprint density at radius 1 is 1.00 bits per heavy atom. The molecule has 0 amide bonds. The van der Waals surface area contributed by atoms with E-state index in [4.69, 9.17) is 9.15 Å². The Morgan fingerprint density at radius 2 is 1.81 bits per heavy atom. The lowest BCUT2D eigenvalue weighted by atomic mass is 10.1. The number of allylic oxidation sites excluding steroid dienone is 1. The quantitative estimate of drug-likeness (QED) is 0.696. The average Bonchev–Trinajstić information content (AvgIpc) is 3.41. The van der Waals surface area contributed by atoms with Gasteiger partial charge in [-0.05, 0) is 67.8 Å². The van der Waals surface area contributed by atoms with Gasteiger partial charge in [-0.3, -0.25) is 4.90 Å². The highest BCUT2D eigenvalue weighted by Gasteiger charge is 2.11. The van der Waals surface area contributed by atoms with Gasteiger partial charge in [0.25, 0.3) is 0 Å². The van der Waals surface area contributed by atoms with Gasteiger partial charge in [0.1, 0.15) is 18.1 Å². The molecule has 0 unspecified atom stereocenters. The van der Waals surface area contributed by atoms with E-state index in [1.54, 1.807) is 6.26 Å². The molecule has 0 spiro atoms. The van der Waals surface area contributed by atoms with Crippen molar-refractivity contribution in [2.75, 3.05) is 26.2 Å². The summed E-state index contributed by atoms with van der Waals surface area (Å²) in [4.78, 5) is 4.86. The lowest BCUT2D eigenvalue weighted by Crippen LogP contribution is -2.23. The fraction of sp³-hybridized carbons (Fsp3) is 0.391. The number of furan rings is 1. The lowest BCUT2D eigenvalue weighted by Gasteiger charge is -2.22. The van der Waals surface area contributed by atoms with E-state index >= 15 is 0 Å². The molecule has 2 aromatic rings. The van der Waals surface area contributed by atoms with E-state index in [9.17, 15) is 0 Å². The SMILES string of the molecule is C1=CN(CCc2ccc(CN3CCCC3)cc2)CC=C1OCc1ccco1. The molecule has 1 aromatic carbocycles. The van der Waals surface area contributed by atoms with Crippen LogP contribution in [0.4, 0.5) is 0 Å². The third kappa shape index (κ3) is 5.27. The van der Waals surface area contributed by atoms with Crippen LogP contribution in [0.5, 0.6) is 0 Å². The summed E-state index contributed by atoms with van der Waals surface area (Å²) >= 11 is 0. The maximum atomic E-state index is 5.76. The summed E-state index contributed by atoms with van der Waals surface area (Å²) < 4.78 is 11.0.